The highest BCUT2D eigenvalue weighted by Crippen LogP contribution is 2.15. The summed E-state index contributed by atoms with van der Waals surface area (Å²) in [5.74, 6) is 0.625. The number of nitrogens with one attached hydrogen (secondary N) is 1. The number of rotatable bonds is 35. The van der Waals surface area contributed by atoms with Crippen LogP contribution in [0.15, 0.2) is 24.3 Å². The molecule has 10 heteroatoms. The van der Waals surface area contributed by atoms with Gasteiger partial charge < -0.3 is 43.2 Å². The number of carbonyl (C=O) groups is 1. The van der Waals surface area contributed by atoms with Gasteiger partial charge in [0, 0.05) is 19.2 Å². The average Bonchev–Trinajstić information content (AvgIpc) is 3.04. The van der Waals surface area contributed by atoms with Crippen LogP contribution in [0.5, 0.6) is 5.75 Å². The van der Waals surface area contributed by atoms with Crippen LogP contribution in [0.3, 0.4) is 0 Å². The SMILES string of the molecule is CCCCCCCCCCCCCOCCOCCOCCOCCOCCOCCOCCOc1ccc(NC(C)=O)cc1. The fourth-order valence-electron chi connectivity index (χ4n) is 4.35. The zero-order valence-corrected chi connectivity index (χ0v) is 28.4. The molecule has 1 N–H and O–H groups in total. The van der Waals surface area contributed by atoms with Gasteiger partial charge in [-0.25, -0.2) is 0 Å². The Morgan fingerprint density at radius 1 is 0.467 bits per heavy atom. The van der Waals surface area contributed by atoms with Crippen LogP contribution in [0.4, 0.5) is 5.69 Å². The topological polar surface area (TPSA) is 103 Å². The van der Waals surface area contributed by atoms with Gasteiger partial charge in [-0.05, 0) is 30.7 Å². The average molecular weight is 642 g/mol. The molecule has 0 saturated carbocycles. The second kappa shape index (κ2) is 33.6. The summed E-state index contributed by atoms with van der Waals surface area (Å²) in [7, 11) is 0. The Balaban J connectivity index is 1.66. The number of hydrogen-bond acceptors (Lipinski definition) is 9. The molecule has 0 aliphatic heterocycles. The minimum absolute atomic E-state index is 0.101. The standard InChI is InChI=1S/C35H63NO9/c1-3-4-5-6-7-8-9-10-11-12-13-18-38-19-20-39-21-22-40-23-24-41-25-26-42-27-28-43-29-30-44-31-32-45-35-16-14-34(15-17-35)36-33(2)37/h14-17H,3-13,18-32H2,1-2H3,(H,36,37). The molecule has 0 atom stereocenters. The first-order valence-corrected chi connectivity index (χ1v) is 17.3. The molecule has 1 amide bonds. The van der Waals surface area contributed by atoms with Gasteiger partial charge in [0.05, 0.1) is 85.9 Å². The second-order valence-corrected chi connectivity index (χ2v) is 10.9. The molecule has 1 rings (SSSR count). The first kappa shape index (κ1) is 41.2. The van der Waals surface area contributed by atoms with E-state index in [4.69, 9.17) is 37.9 Å². The van der Waals surface area contributed by atoms with Crippen molar-refractivity contribution in [3.05, 3.63) is 24.3 Å². The van der Waals surface area contributed by atoms with E-state index in [-0.39, 0.29) is 5.91 Å². The van der Waals surface area contributed by atoms with Crippen LogP contribution in [-0.4, -0.2) is 105 Å². The predicted molar refractivity (Wildman–Crippen MR) is 178 cm³/mol. The van der Waals surface area contributed by atoms with Crippen LogP contribution in [0.1, 0.15) is 84.5 Å². The number of amides is 1. The number of anilines is 1. The van der Waals surface area contributed by atoms with Crippen molar-refractivity contribution in [3.63, 3.8) is 0 Å². The predicted octanol–water partition coefficient (Wildman–Crippen LogP) is 6.45. The minimum Gasteiger partial charge on any atom is -0.491 e. The van der Waals surface area contributed by atoms with Crippen molar-refractivity contribution < 1.29 is 42.7 Å². The van der Waals surface area contributed by atoms with Gasteiger partial charge in [0.15, 0.2) is 0 Å². The highest BCUT2D eigenvalue weighted by Gasteiger charge is 1.99. The van der Waals surface area contributed by atoms with Crippen LogP contribution >= 0.6 is 0 Å². The van der Waals surface area contributed by atoms with E-state index in [1.54, 1.807) is 12.1 Å². The zero-order chi connectivity index (χ0) is 32.3. The molecule has 0 heterocycles. The molecule has 1 aromatic carbocycles. The molecule has 0 bridgehead atoms. The Hall–Kier alpha value is -1.79. The van der Waals surface area contributed by atoms with Gasteiger partial charge in [-0.1, -0.05) is 71.1 Å². The third kappa shape index (κ3) is 30.6. The summed E-state index contributed by atoms with van der Waals surface area (Å²) < 4.78 is 44.3. The number of benzene rings is 1. The maximum Gasteiger partial charge on any atom is 0.221 e. The van der Waals surface area contributed by atoms with Gasteiger partial charge in [0.2, 0.25) is 5.91 Å². The summed E-state index contributed by atoms with van der Waals surface area (Å²) in [5, 5.41) is 2.72. The maximum absolute atomic E-state index is 11.0. The first-order chi connectivity index (χ1) is 22.2. The van der Waals surface area contributed by atoms with Crippen LogP contribution in [0.25, 0.3) is 0 Å². The van der Waals surface area contributed by atoms with E-state index in [2.05, 4.69) is 12.2 Å². The molecule has 0 spiro atoms. The van der Waals surface area contributed by atoms with E-state index >= 15 is 0 Å². The molecule has 45 heavy (non-hydrogen) atoms. The third-order valence-corrected chi connectivity index (χ3v) is 6.80. The number of unbranched alkanes of at least 4 members (excludes halogenated alkanes) is 10. The summed E-state index contributed by atoms with van der Waals surface area (Å²) in [5.41, 5.74) is 0.739. The summed E-state index contributed by atoms with van der Waals surface area (Å²) >= 11 is 0. The quantitative estimate of drug-likeness (QED) is 0.0838. The molecular formula is C35H63NO9. The minimum atomic E-state index is -0.101. The van der Waals surface area contributed by atoms with Gasteiger partial charge in [-0.3, -0.25) is 4.79 Å². The van der Waals surface area contributed by atoms with Crippen molar-refractivity contribution in [2.45, 2.75) is 84.5 Å². The molecule has 0 radical (unpaired) electrons. The Labute approximate surface area is 273 Å². The fourth-order valence-corrected chi connectivity index (χ4v) is 4.35. The van der Waals surface area contributed by atoms with Crippen molar-refractivity contribution in [3.8, 4) is 5.75 Å². The van der Waals surface area contributed by atoms with E-state index in [1.807, 2.05) is 12.1 Å². The molecule has 0 unspecified atom stereocenters. The largest absolute Gasteiger partial charge is 0.491 e. The zero-order valence-electron chi connectivity index (χ0n) is 28.4. The Morgan fingerprint density at radius 2 is 0.800 bits per heavy atom. The smallest absolute Gasteiger partial charge is 0.221 e. The van der Waals surface area contributed by atoms with Crippen molar-refractivity contribution in [1.29, 1.82) is 0 Å². The van der Waals surface area contributed by atoms with E-state index in [9.17, 15) is 4.79 Å². The lowest BCUT2D eigenvalue weighted by Gasteiger charge is -2.09. The molecule has 262 valence electrons. The first-order valence-electron chi connectivity index (χ1n) is 17.3. The van der Waals surface area contributed by atoms with E-state index in [0.717, 1.165) is 24.5 Å². The van der Waals surface area contributed by atoms with Gasteiger partial charge in [0.1, 0.15) is 12.4 Å². The highest BCUT2D eigenvalue weighted by atomic mass is 16.6. The van der Waals surface area contributed by atoms with E-state index < -0.39 is 0 Å². The van der Waals surface area contributed by atoms with Crippen molar-refractivity contribution >= 4 is 11.6 Å². The summed E-state index contributed by atoms with van der Waals surface area (Å²) in [6.45, 7) is 12.0. The molecule has 1 aromatic rings. The lowest BCUT2D eigenvalue weighted by molar-refractivity contribution is -0.114. The summed E-state index contributed by atoms with van der Waals surface area (Å²) in [6.07, 6.45) is 14.9. The molecule has 0 saturated heterocycles. The van der Waals surface area contributed by atoms with E-state index in [1.165, 1.54) is 71.1 Å². The lowest BCUT2D eigenvalue weighted by atomic mass is 10.1. The third-order valence-electron chi connectivity index (χ3n) is 6.80. The number of carbonyl (C=O) groups excluding carboxylic acids is 1. The van der Waals surface area contributed by atoms with Crippen molar-refractivity contribution in [2.24, 2.45) is 0 Å². The normalized spacial score (nSPS) is 11.2. The maximum atomic E-state index is 11.0. The van der Waals surface area contributed by atoms with Crippen molar-refractivity contribution in [1.82, 2.24) is 0 Å². The number of hydrogen-bond donors (Lipinski definition) is 1. The van der Waals surface area contributed by atoms with Crippen LogP contribution in [0.2, 0.25) is 0 Å². The molecular weight excluding hydrogens is 578 g/mol. The number of ether oxygens (including phenoxy) is 8. The molecule has 10 nitrogen and oxygen atoms in total. The molecule has 0 fully saturated rings. The summed E-state index contributed by atoms with van der Waals surface area (Å²) in [4.78, 5) is 11.0. The van der Waals surface area contributed by atoms with Crippen LogP contribution in [-0.2, 0) is 38.0 Å². The molecule has 0 aliphatic rings. The second-order valence-electron chi connectivity index (χ2n) is 10.9. The van der Waals surface area contributed by atoms with Crippen LogP contribution < -0.4 is 10.1 Å². The fraction of sp³-hybridized carbons (Fsp3) is 0.800. The van der Waals surface area contributed by atoms with E-state index in [0.29, 0.717) is 92.5 Å². The monoisotopic (exact) mass is 641 g/mol. The van der Waals surface area contributed by atoms with Crippen LogP contribution in [0, 0.1) is 0 Å². The summed E-state index contributed by atoms with van der Waals surface area (Å²) in [6, 6.07) is 7.21. The molecule has 0 aromatic heterocycles. The van der Waals surface area contributed by atoms with Crippen molar-refractivity contribution in [2.75, 3.05) is 104 Å². The van der Waals surface area contributed by atoms with Gasteiger partial charge in [0.25, 0.3) is 0 Å². The Kier molecular flexibility index (Phi) is 30.8. The lowest BCUT2D eigenvalue weighted by Crippen LogP contribution is -2.15. The Bertz CT molecular complexity index is 751. The van der Waals surface area contributed by atoms with Gasteiger partial charge in [-0.15, -0.1) is 0 Å². The molecule has 0 aliphatic carbocycles. The van der Waals surface area contributed by atoms with Gasteiger partial charge in [-0.2, -0.15) is 0 Å². The van der Waals surface area contributed by atoms with Gasteiger partial charge >= 0.3 is 0 Å². The highest BCUT2D eigenvalue weighted by molar-refractivity contribution is 5.88. The Morgan fingerprint density at radius 3 is 1.18 bits per heavy atom.